The van der Waals surface area contributed by atoms with Gasteiger partial charge in [0.15, 0.2) is 0 Å². The third kappa shape index (κ3) is 4.02. The van der Waals surface area contributed by atoms with Crippen LogP contribution in [-0.4, -0.2) is 16.7 Å². The van der Waals surface area contributed by atoms with Gasteiger partial charge in [0.25, 0.3) is 11.6 Å². The number of fused-ring (bicyclic) bond motifs is 1. The lowest BCUT2D eigenvalue weighted by atomic mass is 10.1. The first kappa shape index (κ1) is 17.1. The molecule has 130 valence electrons. The molecule has 0 aliphatic rings. The van der Waals surface area contributed by atoms with Gasteiger partial charge in [-0.05, 0) is 28.5 Å². The number of benzene rings is 3. The van der Waals surface area contributed by atoms with Crippen LogP contribution in [0.4, 0.5) is 5.69 Å². The highest BCUT2D eigenvalue weighted by molar-refractivity contribution is 5.95. The number of nitrogens with one attached hydrogen (secondary N) is 2. The highest BCUT2D eigenvalue weighted by atomic mass is 16.6. The minimum atomic E-state index is -0.549. The minimum absolute atomic E-state index is 0.109. The van der Waals surface area contributed by atoms with Crippen molar-refractivity contribution in [3.8, 4) is 0 Å². The second-order valence-corrected chi connectivity index (χ2v) is 5.66. The van der Waals surface area contributed by atoms with E-state index in [4.69, 9.17) is 0 Å². The molecule has 3 aromatic rings. The van der Waals surface area contributed by atoms with Gasteiger partial charge in [0.05, 0.1) is 11.3 Å². The van der Waals surface area contributed by atoms with Gasteiger partial charge in [-0.15, -0.1) is 0 Å². The quantitative estimate of drug-likeness (QED) is 0.558. The number of nitro groups is 1. The average molecular weight is 349 g/mol. The maximum absolute atomic E-state index is 12.0. The molecule has 0 aliphatic carbocycles. The zero-order valence-electron chi connectivity index (χ0n) is 13.6. The summed E-state index contributed by atoms with van der Waals surface area (Å²) in [6.07, 6.45) is 0.116. The van der Waals surface area contributed by atoms with Gasteiger partial charge >= 0.3 is 0 Å². The van der Waals surface area contributed by atoms with E-state index >= 15 is 0 Å². The first-order valence-corrected chi connectivity index (χ1v) is 7.84. The minimum Gasteiger partial charge on any atom is -0.273 e. The molecule has 2 amide bonds. The highest BCUT2D eigenvalue weighted by Gasteiger charge is 2.11. The highest BCUT2D eigenvalue weighted by Crippen LogP contribution is 2.16. The van der Waals surface area contributed by atoms with E-state index in [1.54, 1.807) is 0 Å². The van der Waals surface area contributed by atoms with E-state index < -0.39 is 10.8 Å². The second kappa shape index (κ2) is 7.43. The Hall–Kier alpha value is -3.74. The van der Waals surface area contributed by atoms with E-state index in [1.807, 2.05) is 42.5 Å². The van der Waals surface area contributed by atoms with E-state index in [0.717, 1.165) is 16.3 Å². The van der Waals surface area contributed by atoms with Gasteiger partial charge in [-0.25, -0.2) is 0 Å². The van der Waals surface area contributed by atoms with E-state index in [2.05, 4.69) is 10.9 Å². The molecule has 2 N–H and O–H groups in total. The predicted octanol–water partition coefficient (Wildman–Crippen LogP) is 2.75. The molecule has 0 aliphatic heterocycles. The van der Waals surface area contributed by atoms with Crippen molar-refractivity contribution >= 4 is 28.3 Å². The standard InChI is InChI=1S/C19H15N3O4/c23-18(12-13-5-6-14-3-1-2-4-16(14)11-13)20-21-19(24)15-7-9-17(10-8-15)22(25)26/h1-11H,12H2,(H,20,23)(H,21,24). The Morgan fingerprint density at radius 2 is 1.58 bits per heavy atom. The molecule has 0 aromatic heterocycles. The Morgan fingerprint density at radius 1 is 0.885 bits per heavy atom. The van der Waals surface area contributed by atoms with E-state index in [-0.39, 0.29) is 23.6 Å². The molecule has 3 rings (SSSR count). The summed E-state index contributed by atoms with van der Waals surface area (Å²) in [6, 6.07) is 18.7. The molecule has 0 heterocycles. The predicted molar refractivity (Wildman–Crippen MR) is 96.4 cm³/mol. The Kier molecular flexibility index (Phi) is 4.89. The largest absolute Gasteiger partial charge is 0.273 e. The van der Waals surface area contributed by atoms with Crippen molar-refractivity contribution in [2.24, 2.45) is 0 Å². The fraction of sp³-hybridized carbons (Fsp3) is 0.0526. The second-order valence-electron chi connectivity index (χ2n) is 5.66. The Labute approximate surface area is 148 Å². The van der Waals surface area contributed by atoms with E-state index in [9.17, 15) is 19.7 Å². The number of non-ortho nitro benzene ring substituents is 1. The van der Waals surface area contributed by atoms with Crippen molar-refractivity contribution in [1.82, 2.24) is 10.9 Å². The smallest absolute Gasteiger partial charge is 0.269 e. The first-order valence-electron chi connectivity index (χ1n) is 7.84. The Bertz CT molecular complexity index is 984. The molecule has 0 bridgehead atoms. The summed E-state index contributed by atoms with van der Waals surface area (Å²) >= 11 is 0. The molecule has 0 atom stereocenters. The summed E-state index contributed by atoms with van der Waals surface area (Å²) in [4.78, 5) is 34.0. The number of amides is 2. The van der Waals surface area contributed by atoms with Crippen LogP contribution in [0, 0.1) is 10.1 Å². The number of hydrogen-bond donors (Lipinski definition) is 2. The van der Waals surface area contributed by atoms with Crippen molar-refractivity contribution < 1.29 is 14.5 Å². The molecule has 0 radical (unpaired) electrons. The molecule has 0 saturated heterocycles. The summed E-state index contributed by atoms with van der Waals surface area (Å²) in [5.74, 6) is -0.915. The normalized spacial score (nSPS) is 10.3. The number of hydrogen-bond acceptors (Lipinski definition) is 4. The number of nitrogens with zero attached hydrogens (tertiary/aromatic N) is 1. The molecular weight excluding hydrogens is 334 g/mol. The zero-order valence-corrected chi connectivity index (χ0v) is 13.6. The third-order valence-corrected chi connectivity index (χ3v) is 3.83. The summed E-state index contributed by atoms with van der Waals surface area (Å²) < 4.78 is 0. The molecule has 3 aromatic carbocycles. The monoisotopic (exact) mass is 349 g/mol. The third-order valence-electron chi connectivity index (χ3n) is 3.83. The van der Waals surface area contributed by atoms with Crippen LogP contribution < -0.4 is 10.9 Å². The van der Waals surface area contributed by atoms with Gasteiger partial charge in [-0.1, -0.05) is 42.5 Å². The number of carbonyl (C=O) groups excluding carboxylic acids is 2. The van der Waals surface area contributed by atoms with Crippen LogP contribution in [0.5, 0.6) is 0 Å². The zero-order chi connectivity index (χ0) is 18.5. The summed E-state index contributed by atoms with van der Waals surface area (Å²) in [6.45, 7) is 0. The fourth-order valence-corrected chi connectivity index (χ4v) is 2.51. The van der Waals surface area contributed by atoms with Crippen molar-refractivity contribution in [3.05, 3.63) is 88.0 Å². The van der Waals surface area contributed by atoms with Gasteiger partial charge in [0.1, 0.15) is 0 Å². The van der Waals surface area contributed by atoms with Crippen molar-refractivity contribution in [2.75, 3.05) is 0 Å². The fourth-order valence-electron chi connectivity index (χ4n) is 2.51. The Morgan fingerprint density at radius 3 is 2.27 bits per heavy atom. The van der Waals surface area contributed by atoms with Crippen LogP contribution >= 0.6 is 0 Å². The van der Waals surface area contributed by atoms with E-state index in [0.29, 0.717) is 0 Å². The maximum atomic E-state index is 12.0. The SMILES string of the molecule is O=C(Cc1ccc2ccccc2c1)NNC(=O)c1ccc([N+](=O)[O-])cc1. The van der Waals surface area contributed by atoms with E-state index in [1.165, 1.54) is 24.3 Å². The lowest BCUT2D eigenvalue weighted by molar-refractivity contribution is -0.384. The number of carbonyl (C=O) groups is 2. The molecule has 0 fully saturated rings. The molecule has 7 heteroatoms. The van der Waals surface area contributed by atoms with Crippen LogP contribution in [0.2, 0.25) is 0 Å². The van der Waals surface area contributed by atoms with Gasteiger partial charge in [0, 0.05) is 17.7 Å². The van der Waals surface area contributed by atoms with Gasteiger partial charge in [-0.3, -0.25) is 30.6 Å². The number of hydrazine groups is 1. The molecule has 0 unspecified atom stereocenters. The van der Waals surface area contributed by atoms with Gasteiger partial charge < -0.3 is 0 Å². The molecule has 0 spiro atoms. The van der Waals surface area contributed by atoms with Crippen LogP contribution in [0.15, 0.2) is 66.7 Å². The van der Waals surface area contributed by atoms with Crippen molar-refractivity contribution in [3.63, 3.8) is 0 Å². The number of nitro benzene ring substituents is 1. The first-order chi connectivity index (χ1) is 12.5. The topological polar surface area (TPSA) is 101 Å². The lowest BCUT2D eigenvalue weighted by Gasteiger charge is -2.08. The molecule has 26 heavy (non-hydrogen) atoms. The van der Waals surface area contributed by atoms with Crippen LogP contribution in [0.1, 0.15) is 15.9 Å². The summed E-state index contributed by atoms with van der Waals surface area (Å²) in [5, 5.41) is 12.7. The number of rotatable bonds is 4. The summed E-state index contributed by atoms with van der Waals surface area (Å²) in [5.41, 5.74) is 5.56. The lowest BCUT2D eigenvalue weighted by Crippen LogP contribution is -2.42. The summed E-state index contributed by atoms with van der Waals surface area (Å²) in [7, 11) is 0. The van der Waals surface area contributed by atoms with Crippen LogP contribution in [-0.2, 0) is 11.2 Å². The van der Waals surface area contributed by atoms with Gasteiger partial charge in [0.2, 0.25) is 5.91 Å². The van der Waals surface area contributed by atoms with Crippen molar-refractivity contribution in [1.29, 1.82) is 0 Å². The molecular formula is C19H15N3O4. The Balaban J connectivity index is 1.57. The van der Waals surface area contributed by atoms with Crippen molar-refractivity contribution in [2.45, 2.75) is 6.42 Å². The van der Waals surface area contributed by atoms with Gasteiger partial charge in [-0.2, -0.15) is 0 Å². The van der Waals surface area contributed by atoms with Crippen LogP contribution in [0.25, 0.3) is 10.8 Å². The molecule has 0 saturated carbocycles. The molecule has 7 nitrogen and oxygen atoms in total. The average Bonchev–Trinajstić information content (AvgIpc) is 2.66. The van der Waals surface area contributed by atoms with Crippen LogP contribution in [0.3, 0.4) is 0 Å². The maximum Gasteiger partial charge on any atom is 0.269 e.